The van der Waals surface area contributed by atoms with Gasteiger partial charge in [0.15, 0.2) is 23.2 Å². The molecule has 1 aliphatic rings. The fourth-order valence-electron chi connectivity index (χ4n) is 3.05. The molecule has 8 nitrogen and oxygen atoms in total. The Bertz CT molecular complexity index is 1160. The minimum atomic E-state index is -0.518. The van der Waals surface area contributed by atoms with Crippen LogP contribution in [-0.4, -0.2) is 59.9 Å². The van der Waals surface area contributed by atoms with E-state index < -0.39 is 23.5 Å². The normalized spacial score (nSPS) is 13.8. The molecule has 1 saturated heterocycles. The first-order chi connectivity index (χ1) is 16.1. The molecule has 1 heterocycles. The number of halogens is 2. The van der Waals surface area contributed by atoms with Crippen molar-refractivity contribution in [2.45, 2.75) is 6.92 Å². The number of likely N-dealkylation sites (N-methyl/N-ethyl adjacent to an activating group) is 2. The number of nitrogens with one attached hydrogen (secondary N) is 1. The molecule has 2 aromatic rings. The molecule has 0 saturated carbocycles. The lowest BCUT2D eigenvalue weighted by atomic mass is 10.1. The van der Waals surface area contributed by atoms with Crippen molar-refractivity contribution >= 4 is 62.7 Å². The van der Waals surface area contributed by atoms with Crippen LogP contribution in [0.25, 0.3) is 6.08 Å². The first-order valence-electron chi connectivity index (χ1n) is 10.1. The SMILES string of the molecule is CCOc1cc(C=C2C(=O)N(C)C(=S)N(C)C2=O)c(Br)cc1OCC(=O)Nc1ccc(F)cc1. The van der Waals surface area contributed by atoms with Gasteiger partial charge in [0, 0.05) is 24.3 Å². The molecule has 0 spiro atoms. The molecule has 3 rings (SSSR count). The number of carbonyl (C=O) groups excluding carboxylic acids is 3. The molecule has 0 aliphatic carbocycles. The van der Waals surface area contributed by atoms with Gasteiger partial charge >= 0.3 is 0 Å². The van der Waals surface area contributed by atoms with Crippen LogP contribution in [0.15, 0.2) is 46.4 Å². The first-order valence-corrected chi connectivity index (χ1v) is 11.3. The molecule has 34 heavy (non-hydrogen) atoms. The Morgan fingerprint density at radius 3 is 2.26 bits per heavy atom. The predicted molar refractivity (Wildman–Crippen MR) is 132 cm³/mol. The fraction of sp³-hybridized carbons (Fsp3) is 0.217. The third-order valence-corrected chi connectivity index (χ3v) is 6.03. The summed E-state index contributed by atoms with van der Waals surface area (Å²) >= 11 is 8.52. The molecule has 1 fully saturated rings. The van der Waals surface area contributed by atoms with Crippen molar-refractivity contribution in [2.24, 2.45) is 0 Å². The largest absolute Gasteiger partial charge is 0.490 e. The van der Waals surface area contributed by atoms with Gasteiger partial charge in [-0.15, -0.1) is 0 Å². The topological polar surface area (TPSA) is 88.2 Å². The van der Waals surface area contributed by atoms with E-state index in [-0.39, 0.29) is 23.0 Å². The van der Waals surface area contributed by atoms with E-state index in [0.29, 0.717) is 28.1 Å². The van der Waals surface area contributed by atoms with Gasteiger partial charge < -0.3 is 14.8 Å². The van der Waals surface area contributed by atoms with Crippen LogP contribution in [0.5, 0.6) is 11.5 Å². The van der Waals surface area contributed by atoms with Gasteiger partial charge in [-0.3, -0.25) is 24.2 Å². The van der Waals surface area contributed by atoms with Crippen LogP contribution < -0.4 is 14.8 Å². The number of anilines is 1. The second-order valence-corrected chi connectivity index (χ2v) is 8.39. The third-order valence-electron chi connectivity index (χ3n) is 4.79. The van der Waals surface area contributed by atoms with E-state index in [9.17, 15) is 18.8 Å². The van der Waals surface area contributed by atoms with Crippen molar-refractivity contribution in [1.29, 1.82) is 0 Å². The molecular weight excluding hydrogens is 529 g/mol. The molecule has 1 aliphatic heterocycles. The summed E-state index contributed by atoms with van der Waals surface area (Å²) in [6.45, 7) is 1.77. The number of nitrogens with zero attached hydrogens (tertiary/aromatic N) is 2. The van der Waals surface area contributed by atoms with E-state index in [1.165, 1.54) is 54.2 Å². The average molecular weight is 550 g/mol. The highest BCUT2D eigenvalue weighted by atomic mass is 79.9. The predicted octanol–water partition coefficient (Wildman–Crippen LogP) is 3.60. The molecule has 11 heteroatoms. The summed E-state index contributed by atoms with van der Waals surface area (Å²) in [5.74, 6) is -1.29. The monoisotopic (exact) mass is 549 g/mol. The zero-order valence-electron chi connectivity index (χ0n) is 18.6. The number of amides is 3. The van der Waals surface area contributed by atoms with Crippen LogP contribution in [0.1, 0.15) is 12.5 Å². The first kappa shape index (κ1) is 25.3. The molecule has 2 aromatic carbocycles. The van der Waals surface area contributed by atoms with E-state index in [2.05, 4.69) is 21.2 Å². The summed E-state index contributed by atoms with van der Waals surface area (Å²) in [5, 5.41) is 2.72. The quantitative estimate of drug-likeness (QED) is 0.322. The number of hydrogen-bond donors (Lipinski definition) is 1. The van der Waals surface area contributed by atoms with Crippen molar-refractivity contribution in [3.05, 3.63) is 57.8 Å². The van der Waals surface area contributed by atoms with Gasteiger partial charge in [0.25, 0.3) is 17.7 Å². The smallest absolute Gasteiger partial charge is 0.265 e. The summed E-state index contributed by atoms with van der Waals surface area (Å²) in [4.78, 5) is 39.9. The van der Waals surface area contributed by atoms with Gasteiger partial charge in [0.05, 0.1) is 6.61 Å². The molecule has 0 radical (unpaired) electrons. The minimum absolute atomic E-state index is 0.0610. The highest BCUT2D eigenvalue weighted by Crippen LogP contribution is 2.35. The zero-order chi connectivity index (χ0) is 25.0. The Morgan fingerprint density at radius 2 is 1.68 bits per heavy atom. The maximum Gasteiger partial charge on any atom is 0.265 e. The standard InChI is InChI=1S/C23H21BrFN3O5S/c1-4-32-18-10-13(9-16-21(30)27(2)23(34)28(3)22(16)31)17(24)11-19(18)33-12-20(29)26-15-7-5-14(25)6-8-15/h5-11H,4,12H2,1-3H3,(H,26,29). The van der Waals surface area contributed by atoms with Crippen molar-refractivity contribution in [3.63, 3.8) is 0 Å². The Kier molecular flexibility index (Phi) is 8.00. The Morgan fingerprint density at radius 1 is 1.09 bits per heavy atom. The Hall–Kier alpha value is -3.31. The Labute approximate surface area is 209 Å². The summed E-state index contributed by atoms with van der Waals surface area (Å²) in [7, 11) is 2.99. The van der Waals surface area contributed by atoms with Crippen LogP contribution in [0.2, 0.25) is 0 Å². The summed E-state index contributed by atoms with van der Waals surface area (Å²) < 4.78 is 24.8. The van der Waals surface area contributed by atoms with Crippen molar-refractivity contribution in [2.75, 3.05) is 32.6 Å². The van der Waals surface area contributed by atoms with E-state index in [4.69, 9.17) is 21.7 Å². The molecule has 3 amide bonds. The van der Waals surface area contributed by atoms with E-state index in [0.717, 1.165) is 0 Å². The number of ether oxygens (including phenoxy) is 2. The van der Waals surface area contributed by atoms with Crippen LogP contribution in [0.3, 0.4) is 0 Å². The summed E-state index contributed by atoms with van der Waals surface area (Å²) in [6, 6.07) is 8.53. The second-order valence-electron chi connectivity index (χ2n) is 7.17. The fourth-order valence-corrected chi connectivity index (χ4v) is 3.65. The van der Waals surface area contributed by atoms with Gasteiger partial charge in [-0.1, -0.05) is 15.9 Å². The van der Waals surface area contributed by atoms with Gasteiger partial charge in [-0.05, 0) is 67.2 Å². The van der Waals surface area contributed by atoms with E-state index in [1.807, 2.05) is 0 Å². The van der Waals surface area contributed by atoms with Crippen molar-refractivity contribution in [3.8, 4) is 11.5 Å². The van der Waals surface area contributed by atoms with Crippen LogP contribution in [-0.2, 0) is 14.4 Å². The Balaban J connectivity index is 1.82. The zero-order valence-corrected chi connectivity index (χ0v) is 21.0. The molecule has 1 N–H and O–H groups in total. The molecule has 178 valence electrons. The number of carbonyl (C=O) groups is 3. The average Bonchev–Trinajstić information content (AvgIpc) is 2.81. The number of rotatable bonds is 7. The lowest BCUT2D eigenvalue weighted by molar-refractivity contribution is -0.132. The maximum absolute atomic E-state index is 13.0. The summed E-state index contributed by atoms with van der Waals surface area (Å²) in [5.41, 5.74) is 0.867. The van der Waals surface area contributed by atoms with Crippen LogP contribution in [0.4, 0.5) is 10.1 Å². The maximum atomic E-state index is 13.0. The third kappa shape index (κ3) is 5.60. The molecule has 0 unspecified atom stereocenters. The molecule has 0 bridgehead atoms. The van der Waals surface area contributed by atoms with Gasteiger partial charge in [0.2, 0.25) is 0 Å². The van der Waals surface area contributed by atoms with Crippen LogP contribution in [0, 0.1) is 5.82 Å². The van der Waals surface area contributed by atoms with Crippen LogP contribution >= 0.6 is 28.1 Å². The number of benzene rings is 2. The van der Waals surface area contributed by atoms with Gasteiger partial charge in [0.1, 0.15) is 11.4 Å². The van der Waals surface area contributed by atoms with Gasteiger partial charge in [-0.25, -0.2) is 4.39 Å². The minimum Gasteiger partial charge on any atom is -0.490 e. The number of hydrogen-bond acceptors (Lipinski definition) is 6. The van der Waals surface area contributed by atoms with Crippen molar-refractivity contribution in [1.82, 2.24) is 9.80 Å². The molecule has 0 atom stereocenters. The molecular formula is C23H21BrFN3O5S. The molecule has 0 aromatic heterocycles. The van der Waals surface area contributed by atoms with Crippen molar-refractivity contribution < 1.29 is 28.2 Å². The van der Waals surface area contributed by atoms with Gasteiger partial charge in [-0.2, -0.15) is 0 Å². The van der Waals surface area contributed by atoms with E-state index >= 15 is 0 Å². The van der Waals surface area contributed by atoms with E-state index in [1.54, 1.807) is 19.1 Å². The lowest BCUT2D eigenvalue weighted by Gasteiger charge is -2.31. The lowest BCUT2D eigenvalue weighted by Crippen LogP contribution is -2.52. The summed E-state index contributed by atoms with van der Waals surface area (Å²) in [6.07, 6.45) is 1.44. The highest BCUT2D eigenvalue weighted by molar-refractivity contribution is 9.10. The highest BCUT2D eigenvalue weighted by Gasteiger charge is 2.35. The second kappa shape index (κ2) is 10.7. The number of thiocarbonyl (C=S) groups is 1.